The van der Waals surface area contributed by atoms with Gasteiger partial charge in [0.15, 0.2) is 11.5 Å². The zero-order valence-corrected chi connectivity index (χ0v) is 19.8. The molecule has 3 aliphatic rings. The number of carbonyl (C=O) groups excluding carboxylic acids is 1. The van der Waals surface area contributed by atoms with Gasteiger partial charge in [-0.05, 0) is 44.0 Å². The number of anilines is 1. The Morgan fingerprint density at radius 3 is 2.45 bits per heavy atom. The van der Waals surface area contributed by atoms with Crippen molar-refractivity contribution in [2.24, 2.45) is 0 Å². The lowest BCUT2D eigenvalue weighted by molar-refractivity contribution is -0.124. The van der Waals surface area contributed by atoms with Gasteiger partial charge in [-0.25, -0.2) is 8.42 Å². The summed E-state index contributed by atoms with van der Waals surface area (Å²) >= 11 is 0. The van der Waals surface area contributed by atoms with Crippen LogP contribution >= 0.6 is 0 Å². The molecule has 0 saturated carbocycles. The summed E-state index contributed by atoms with van der Waals surface area (Å²) in [6.07, 6.45) is 0.857. The van der Waals surface area contributed by atoms with Gasteiger partial charge in [0.2, 0.25) is 15.9 Å². The van der Waals surface area contributed by atoms with E-state index in [0.717, 1.165) is 12.1 Å². The van der Waals surface area contributed by atoms with Crippen molar-refractivity contribution < 1.29 is 22.7 Å². The molecule has 2 aromatic carbocycles. The Morgan fingerprint density at radius 2 is 1.70 bits per heavy atom. The third kappa shape index (κ3) is 3.98. The van der Waals surface area contributed by atoms with Crippen LogP contribution in [-0.2, 0) is 21.2 Å². The zero-order chi connectivity index (χ0) is 23.2. The molecule has 176 valence electrons. The SMILES string of the molecule is C[C@@H]1Cc2ccccc2N1C(=O)[C@H](C)N1CCN(S(=O)(=O)c2ccc3c(c2)OCCO3)CC1. The Bertz CT molecular complexity index is 1160. The van der Waals surface area contributed by atoms with Crippen LogP contribution in [0.5, 0.6) is 11.5 Å². The van der Waals surface area contributed by atoms with E-state index in [1.165, 1.54) is 15.9 Å². The molecule has 0 N–H and O–H groups in total. The maximum atomic E-state index is 13.4. The second kappa shape index (κ2) is 8.62. The quantitative estimate of drug-likeness (QED) is 0.680. The molecule has 0 spiro atoms. The van der Waals surface area contributed by atoms with Crippen LogP contribution in [0.4, 0.5) is 5.69 Å². The van der Waals surface area contributed by atoms with E-state index in [-0.39, 0.29) is 22.9 Å². The smallest absolute Gasteiger partial charge is 0.244 e. The molecule has 0 aliphatic carbocycles. The lowest BCUT2D eigenvalue weighted by Gasteiger charge is -2.38. The van der Waals surface area contributed by atoms with Crippen LogP contribution in [0, 0.1) is 0 Å². The number of fused-ring (bicyclic) bond motifs is 2. The first-order chi connectivity index (χ1) is 15.9. The maximum Gasteiger partial charge on any atom is 0.244 e. The maximum absolute atomic E-state index is 13.4. The normalized spacial score (nSPS) is 22.1. The predicted molar refractivity (Wildman–Crippen MR) is 124 cm³/mol. The average Bonchev–Trinajstić information content (AvgIpc) is 3.18. The highest BCUT2D eigenvalue weighted by atomic mass is 32.2. The molecule has 0 unspecified atom stereocenters. The Morgan fingerprint density at radius 1 is 1.00 bits per heavy atom. The highest BCUT2D eigenvalue weighted by Gasteiger charge is 2.37. The van der Waals surface area contributed by atoms with Gasteiger partial charge in [-0.15, -0.1) is 0 Å². The molecule has 0 aromatic heterocycles. The van der Waals surface area contributed by atoms with Gasteiger partial charge >= 0.3 is 0 Å². The molecule has 0 bridgehead atoms. The third-order valence-electron chi connectivity index (χ3n) is 6.77. The van der Waals surface area contributed by atoms with Gasteiger partial charge < -0.3 is 14.4 Å². The largest absolute Gasteiger partial charge is 0.486 e. The number of piperazine rings is 1. The number of hydrogen-bond acceptors (Lipinski definition) is 6. The fraction of sp³-hybridized carbons (Fsp3) is 0.458. The summed E-state index contributed by atoms with van der Waals surface area (Å²) < 4.78 is 38.9. The summed E-state index contributed by atoms with van der Waals surface area (Å²) in [7, 11) is -3.65. The molecule has 2 atom stereocenters. The molecule has 3 heterocycles. The van der Waals surface area contributed by atoms with E-state index in [0.29, 0.717) is 50.9 Å². The summed E-state index contributed by atoms with van der Waals surface area (Å²) in [4.78, 5) is 17.6. The summed E-state index contributed by atoms with van der Waals surface area (Å²) in [6, 6.07) is 12.6. The average molecular weight is 472 g/mol. The van der Waals surface area contributed by atoms with Gasteiger partial charge in [0.05, 0.1) is 10.9 Å². The summed E-state index contributed by atoms with van der Waals surface area (Å²) in [5.41, 5.74) is 2.18. The van der Waals surface area contributed by atoms with E-state index in [4.69, 9.17) is 9.47 Å². The van der Waals surface area contributed by atoms with Crippen molar-refractivity contribution in [2.75, 3.05) is 44.3 Å². The molecule has 33 heavy (non-hydrogen) atoms. The number of nitrogens with zero attached hydrogens (tertiary/aromatic N) is 3. The Kier molecular flexibility index (Phi) is 5.80. The minimum Gasteiger partial charge on any atom is -0.486 e. The number of carbonyl (C=O) groups is 1. The van der Waals surface area contributed by atoms with Crippen molar-refractivity contribution in [2.45, 2.75) is 37.2 Å². The Labute approximate surface area is 194 Å². The second-order valence-corrected chi connectivity index (χ2v) is 10.7. The van der Waals surface area contributed by atoms with E-state index < -0.39 is 10.0 Å². The molecular formula is C24H29N3O5S. The highest BCUT2D eigenvalue weighted by molar-refractivity contribution is 7.89. The number of para-hydroxylation sites is 1. The van der Waals surface area contributed by atoms with Crippen molar-refractivity contribution in [3.63, 3.8) is 0 Å². The molecule has 8 nitrogen and oxygen atoms in total. The number of sulfonamides is 1. The van der Waals surface area contributed by atoms with Crippen molar-refractivity contribution >= 4 is 21.6 Å². The minimum absolute atomic E-state index is 0.0654. The van der Waals surface area contributed by atoms with Crippen molar-refractivity contribution in [3.05, 3.63) is 48.0 Å². The molecule has 9 heteroatoms. The molecule has 1 amide bonds. The van der Waals surface area contributed by atoms with E-state index in [2.05, 4.69) is 17.9 Å². The number of amides is 1. The van der Waals surface area contributed by atoms with Crippen LogP contribution in [0.15, 0.2) is 47.4 Å². The Balaban J connectivity index is 1.26. The van der Waals surface area contributed by atoms with Gasteiger partial charge in [0.1, 0.15) is 13.2 Å². The topological polar surface area (TPSA) is 79.4 Å². The predicted octanol–water partition coefficient (Wildman–Crippen LogP) is 2.13. The molecule has 5 rings (SSSR count). The van der Waals surface area contributed by atoms with Crippen LogP contribution in [0.25, 0.3) is 0 Å². The van der Waals surface area contributed by atoms with E-state index in [1.807, 2.05) is 30.0 Å². The van der Waals surface area contributed by atoms with Crippen LogP contribution in [-0.4, -0.2) is 75.0 Å². The fourth-order valence-corrected chi connectivity index (χ4v) is 6.36. The first-order valence-corrected chi connectivity index (χ1v) is 12.8. The lowest BCUT2D eigenvalue weighted by Crippen LogP contribution is -2.56. The van der Waals surface area contributed by atoms with Gasteiger partial charge in [0.25, 0.3) is 0 Å². The van der Waals surface area contributed by atoms with E-state index in [1.54, 1.807) is 12.1 Å². The molecule has 0 radical (unpaired) electrons. The van der Waals surface area contributed by atoms with Gasteiger partial charge in [-0.1, -0.05) is 18.2 Å². The first kappa shape index (κ1) is 22.2. The molecule has 2 aromatic rings. The van der Waals surface area contributed by atoms with E-state index >= 15 is 0 Å². The van der Waals surface area contributed by atoms with Gasteiger partial charge in [-0.2, -0.15) is 4.31 Å². The number of hydrogen-bond donors (Lipinski definition) is 0. The van der Waals surface area contributed by atoms with Crippen LogP contribution in [0.1, 0.15) is 19.4 Å². The number of rotatable bonds is 4. The summed E-state index contributed by atoms with van der Waals surface area (Å²) in [5, 5.41) is 0. The van der Waals surface area contributed by atoms with E-state index in [9.17, 15) is 13.2 Å². The minimum atomic E-state index is -3.65. The molecule has 3 aliphatic heterocycles. The third-order valence-corrected chi connectivity index (χ3v) is 8.67. The monoisotopic (exact) mass is 471 g/mol. The second-order valence-electron chi connectivity index (χ2n) is 8.81. The van der Waals surface area contributed by atoms with Gasteiger partial charge in [0, 0.05) is 44.0 Å². The van der Waals surface area contributed by atoms with Crippen molar-refractivity contribution in [1.82, 2.24) is 9.21 Å². The molecule has 1 saturated heterocycles. The number of ether oxygens (including phenoxy) is 2. The summed E-state index contributed by atoms with van der Waals surface area (Å²) in [6.45, 7) is 6.52. The molecule has 1 fully saturated rings. The van der Waals surface area contributed by atoms with Crippen LogP contribution in [0.3, 0.4) is 0 Å². The standard InChI is InChI=1S/C24H29N3O5S/c1-17-15-19-5-3-4-6-21(19)27(17)24(28)18(2)25-9-11-26(12-10-25)33(29,30)20-7-8-22-23(16-20)32-14-13-31-22/h3-8,16-18H,9-15H2,1-2H3/t17-,18+/m1/s1. The van der Waals surface area contributed by atoms with Crippen LogP contribution in [0.2, 0.25) is 0 Å². The fourth-order valence-electron chi connectivity index (χ4n) is 4.92. The van der Waals surface area contributed by atoms with Crippen molar-refractivity contribution in [3.8, 4) is 11.5 Å². The van der Waals surface area contributed by atoms with Crippen LogP contribution < -0.4 is 14.4 Å². The van der Waals surface area contributed by atoms with Crippen molar-refractivity contribution in [1.29, 1.82) is 0 Å². The summed E-state index contributed by atoms with van der Waals surface area (Å²) in [5.74, 6) is 1.09. The lowest BCUT2D eigenvalue weighted by atomic mass is 10.1. The Hall–Kier alpha value is -2.62. The first-order valence-electron chi connectivity index (χ1n) is 11.4. The zero-order valence-electron chi connectivity index (χ0n) is 18.9. The highest BCUT2D eigenvalue weighted by Crippen LogP contribution is 2.34. The van der Waals surface area contributed by atoms with Gasteiger partial charge in [-0.3, -0.25) is 9.69 Å². The molecular weight excluding hydrogens is 442 g/mol. The number of benzene rings is 2.